The number of nitrogens with zero attached hydrogens (tertiary/aromatic N) is 6. The molecule has 3 heterocycles. The number of piperidine rings is 1. The molecule has 8 heteroatoms. The maximum Gasteiger partial charge on any atom is 0.245 e. The van der Waals surface area contributed by atoms with Crippen LogP contribution in [0, 0.1) is 0 Å². The third-order valence-corrected chi connectivity index (χ3v) is 4.58. The van der Waals surface area contributed by atoms with E-state index in [1.165, 1.54) is 0 Å². The van der Waals surface area contributed by atoms with Crippen molar-refractivity contribution in [2.24, 2.45) is 0 Å². The van der Waals surface area contributed by atoms with Gasteiger partial charge < -0.3 is 14.5 Å². The monoisotopic (exact) mass is 336 g/mol. The van der Waals surface area contributed by atoms with Crippen LogP contribution in [0.1, 0.15) is 46.5 Å². The van der Waals surface area contributed by atoms with E-state index < -0.39 is 0 Å². The van der Waals surface area contributed by atoms with Crippen molar-refractivity contribution in [1.82, 2.24) is 25.1 Å². The van der Waals surface area contributed by atoms with Gasteiger partial charge in [0.05, 0.1) is 11.7 Å². The topological polar surface area (TPSA) is 76.4 Å². The summed E-state index contributed by atoms with van der Waals surface area (Å²) in [6.45, 7) is 10.2. The van der Waals surface area contributed by atoms with Gasteiger partial charge >= 0.3 is 0 Å². The van der Waals surface area contributed by atoms with Gasteiger partial charge in [-0.25, -0.2) is 4.68 Å². The second-order valence-electron chi connectivity index (χ2n) is 7.46. The van der Waals surface area contributed by atoms with Crippen LogP contribution >= 0.6 is 0 Å². The van der Waals surface area contributed by atoms with E-state index in [4.69, 9.17) is 4.74 Å². The highest BCUT2D eigenvalue weighted by Crippen LogP contribution is 2.24. The molecule has 1 amide bonds. The molecule has 2 saturated heterocycles. The van der Waals surface area contributed by atoms with Crippen LogP contribution in [0.25, 0.3) is 0 Å². The number of ether oxygens (including phenoxy) is 1. The summed E-state index contributed by atoms with van der Waals surface area (Å²) in [4.78, 5) is 16.0. The van der Waals surface area contributed by atoms with Gasteiger partial charge in [-0.15, -0.1) is 0 Å². The van der Waals surface area contributed by atoms with Gasteiger partial charge in [-0.1, -0.05) is 5.10 Å². The molecule has 1 unspecified atom stereocenters. The van der Waals surface area contributed by atoms with E-state index in [1.807, 2.05) is 9.58 Å². The number of carbonyl (C=O) groups is 1. The van der Waals surface area contributed by atoms with Gasteiger partial charge in [-0.05, 0) is 50.5 Å². The summed E-state index contributed by atoms with van der Waals surface area (Å²) in [6, 6.07) is 0. The summed E-state index contributed by atoms with van der Waals surface area (Å²) in [6.07, 6.45) is 3.84. The van der Waals surface area contributed by atoms with Crippen molar-refractivity contribution in [3.05, 3.63) is 0 Å². The fourth-order valence-electron chi connectivity index (χ4n) is 3.69. The number of rotatable bonds is 5. The van der Waals surface area contributed by atoms with Gasteiger partial charge in [-0.3, -0.25) is 4.79 Å². The molecule has 0 aliphatic carbocycles. The molecule has 1 atom stereocenters. The highest BCUT2D eigenvalue weighted by atomic mass is 16.5. The number of likely N-dealkylation sites (tertiary alicyclic amines) is 1. The van der Waals surface area contributed by atoms with Crippen LogP contribution in [0.2, 0.25) is 0 Å². The van der Waals surface area contributed by atoms with Crippen LogP contribution in [0.15, 0.2) is 0 Å². The maximum absolute atomic E-state index is 11.9. The van der Waals surface area contributed by atoms with Crippen molar-refractivity contribution < 1.29 is 9.53 Å². The largest absolute Gasteiger partial charge is 0.369 e. The molecular weight excluding hydrogens is 308 g/mol. The molecule has 134 valence electrons. The quantitative estimate of drug-likeness (QED) is 0.801. The summed E-state index contributed by atoms with van der Waals surface area (Å²) in [5.74, 6) is 1.07. The summed E-state index contributed by atoms with van der Waals surface area (Å²) >= 11 is 0. The standard InChI is InChI=1S/C16H28N6O2/c1-13-11-21(12-16(2,3)24-13)15-17-18-19-22(15)10-6-9-20-8-5-4-7-14(20)23/h13H,4-12H2,1-3H3. The molecule has 24 heavy (non-hydrogen) atoms. The summed E-state index contributed by atoms with van der Waals surface area (Å²) < 4.78 is 7.80. The Balaban J connectivity index is 1.58. The second kappa shape index (κ2) is 7.04. The number of amides is 1. The molecule has 1 aromatic heterocycles. The molecule has 1 aromatic rings. The Bertz CT molecular complexity index is 573. The van der Waals surface area contributed by atoms with Crippen molar-refractivity contribution in [2.45, 2.75) is 64.7 Å². The molecule has 0 saturated carbocycles. The van der Waals surface area contributed by atoms with Crippen molar-refractivity contribution in [2.75, 3.05) is 31.1 Å². The first-order valence-corrected chi connectivity index (χ1v) is 8.91. The molecule has 2 aliphatic rings. The lowest BCUT2D eigenvalue weighted by atomic mass is 10.1. The average molecular weight is 336 g/mol. The predicted molar refractivity (Wildman–Crippen MR) is 89.7 cm³/mol. The third kappa shape index (κ3) is 4.03. The van der Waals surface area contributed by atoms with Gasteiger partial charge in [0.1, 0.15) is 0 Å². The molecular formula is C16H28N6O2. The van der Waals surface area contributed by atoms with Crippen LogP contribution in [-0.2, 0) is 16.1 Å². The number of hydrogen-bond acceptors (Lipinski definition) is 6. The molecule has 0 spiro atoms. The Kier molecular flexibility index (Phi) is 5.03. The SMILES string of the molecule is CC1CN(c2nnnn2CCCN2CCCCC2=O)CC(C)(C)O1. The van der Waals surface area contributed by atoms with E-state index in [0.29, 0.717) is 6.42 Å². The molecule has 2 aliphatic heterocycles. The first kappa shape index (κ1) is 17.1. The second-order valence-corrected chi connectivity index (χ2v) is 7.46. The van der Waals surface area contributed by atoms with Crippen LogP contribution in [-0.4, -0.2) is 68.9 Å². The molecule has 0 radical (unpaired) electrons. The van der Waals surface area contributed by atoms with Crippen molar-refractivity contribution >= 4 is 11.9 Å². The lowest BCUT2D eigenvalue weighted by Crippen LogP contribution is -2.52. The fraction of sp³-hybridized carbons (Fsp3) is 0.875. The Morgan fingerprint density at radius 1 is 1.29 bits per heavy atom. The lowest BCUT2D eigenvalue weighted by molar-refractivity contribution is -0.133. The Morgan fingerprint density at radius 3 is 2.88 bits per heavy atom. The van der Waals surface area contributed by atoms with Crippen LogP contribution < -0.4 is 4.90 Å². The molecule has 0 N–H and O–H groups in total. The first-order valence-electron chi connectivity index (χ1n) is 8.91. The number of anilines is 1. The van der Waals surface area contributed by atoms with Crippen LogP contribution in [0.5, 0.6) is 0 Å². The minimum absolute atomic E-state index is 0.143. The Hall–Kier alpha value is -1.70. The zero-order chi connectivity index (χ0) is 17.2. The van der Waals surface area contributed by atoms with Gasteiger partial charge in [0.2, 0.25) is 11.9 Å². The zero-order valence-corrected chi connectivity index (χ0v) is 14.9. The number of carbonyl (C=O) groups excluding carboxylic acids is 1. The number of hydrogen-bond donors (Lipinski definition) is 0. The number of aryl methyl sites for hydroxylation is 1. The van der Waals surface area contributed by atoms with Gasteiger partial charge in [-0.2, -0.15) is 0 Å². The van der Waals surface area contributed by atoms with E-state index in [9.17, 15) is 4.79 Å². The van der Waals surface area contributed by atoms with Gasteiger partial charge in [0.25, 0.3) is 0 Å². The van der Waals surface area contributed by atoms with E-state index in [2.05, 4.69) is 41.2 Å². The van der Waals surface area contributed by atoms with E-state index in [-0.39, 0.29) is 17.6 Å². The number of morpholine rings is 1. The molecule has 0 bridgehead atoms. The fourth-order valence-corrected chi connectivity index (χ4v) is 3.69. The summed E-state index contributed by atoms with van der Waals surface area (Å²) in [5, 5.41) is 12.2. The molecule has 8 nitrogen and oxygen atoms in total. The van der Waals surface area contributed by atoms with E-state index in [1.54, 1.807) is 0 Å². The lowest BCUT2D eigenvalue weighted by Gasteiger charge is -2.41. The van der Waals surface area contributed by atoms with E-state index >= 15 is 0 Å². The smallest absolute Gasteiger partial charge is 0.245 e. The third-order valence-electron chi connectivity index (χ3n) is 4.58. The number of tetrazole rings is 1. The molecule has 3 rings (SSSR count). The Morgan fingerprint density at radius 2 is 2.12 bits per heavy atom. The average Bonchev–Trinajstić information content (AvgIpc) is 2.96. The predicted octanol–water partition coefficient (Wildman–Crippen LogP) is 1.08. The molecule has 0 aromatic carbocycles. The normalized spacial score (nSPS) is 24.5. The highest BCUT2D eigenvalue weighted by molar-refractivity contribution is 5.76. The van der Waals surface area contributed by atoms with Gasteiger partial charge in [0.15, 0.2) is 0 Å². The minimum Gasteiger partial charge on any atom is -0.369 e. The first-order chi connectivity index (χ1) is 11.4. The van der Waals surface area contributed by atoms with Crippen molar-refractivity contribution in [1.29, 1.82) is 0 Å². The summed E-state index contributed by atoms with van der Waals surface area (Å²) in [7, 11) is 0. The minimum atomic E-state index is -0.214. The van der Waals surface area contributed by atoms with Gasteiger partial charge in [0, 0.05) is 39.1 Å². The maximum atomic E-state index is 11.9. The van der Waals surface area contributed by atoms with Crippen molar-refractivity contribution in [3.8, 4) is 0 Å². The zero-order valence-electron chi connectivity index (χ0n) is 14.9. The highest BCUT2D eigenvalue weighted by Gasteiger charge is 2.33. The number of aromatic nitrogens is 4. The Labute approximate surface area is 143 Å². The van der Waals surface area contributed by atoms with E-state index in [0.717, 1.165) is 57.9 Å². The van der Waals surface area contributed by atoms with Crippen molar-refractivity contribution in [3.63, 3.8) is 0 Å². The summed E-state index contributed by atoms with van der Waals surface area (Å²) in [5.41, 5.74) is -0.214. The van der Waals surface area contributed by atoms with Crippen LogP contribution in [0.3, 0.4) is 0 Å². The van der Waals surface area contributed by atoms with Crippen LogP contribution in [0.4, 0.5) is 5.95 Å². The molecule has 2 fully saturated rings.